The van der Waals surface area contributed by atoms with E-state index >= 15 is 0 Å². The van der Waals surface area contributed by atoms with Gasteiger partial charge < -0.3 is 9.73 Å². The standard InChI is InChI=1S/C15H20ClNO/c1-2-3-4-7-10-17-11-13-12-8-5-6-9-14(12)18-15(13)16/h5-6,8-9,17H,2-4,7,10-11H2,1H3. The fourth-order valence-corrected chi connectivity index (χ4v) is 2.38. The first-order valence-corrected chi connectivity index (χ1v) is 7.07. The van der Waals surface area contributed by atoms with Crippen molar-refractivity contribution >= 4 is 22.6 Å². The summed E-state index contributed by atoms with van der Waals surface area (Å²) in [6.07, 6.45) is 5.11. The Bertz CT molecular complexity index is 492. The second kappa shape index (κ2) is 6.81. The van der Waals surface area contributed by atoms with Crippen LogP contribution in [0.4, 0.5) is 0 Å². The lowest BCUT2D eigenvalue weighted by atomic mass is 10.1. The lowest BCUT2D eigenvalue weighted by Gasteiger charge is -2.03. The van der Waals surface area contributed by atoms with Crippen LogP contribution in [0.3, 0.4) is 0 Å². The minimum Gasteiger partial charge on any atom is -0.444 e. The Balaban J connectivity index is 1.89. The third-order valence-electron chi connectivity index (χ3n) is 3.16. The van der Waals surface area contributed by atoms with E-state index in [1.807, 2.05) is 18.2 Å². The number of nitrogens with one attached hydrogen (secondary N) is 1. The van der Waals surface area contributed by atoms with Crippen LogP contribution >= 0.6 is 11.6 Å². The molecule has 0 radical (unpaired) electrons. The Morgan fingerprint density at radius 3 is 2.83 bits per heavy atom. The topological polar surface area (TPSA) is 25.2 Å². The summed E-state index contributed by atoms with van der Waals surface area (Å²) in [7, 11) is 0. The second-order valence-corrected chi connectivity index (χ2v) is 4.93. The highest BCUT2D eigenvalue weighted by molar-refractivity contribution is 6.30. The Morgan fingerprint density at radius 1 is 1.17 bits per heavy atom. The quantitative estimate of drug-likeness (QED) is 0.731. The van der Waals surface area contributed by atoms with Gasteiger partial charge in [0.1, 0.15) is 5.58 Å². The molecule has 0 saturated carbocycles. The molecular weight excluding hydrogens is 246 g/mol. The van der Waals surface area contributed by atoms with Crippen molar-refractivity contribution in [3.63, 3.8) is 0 Å². The summed E-state index contributed by atoms with van der Waals surface area (Å²) < 4.78 is 5.52. The lowest BCUT2D eigenvalue weighted by Crippen LogP contribution is -2.14. The van der Waals surface area contributed by atoms with Gasteiger partial charge >= 0.3 is 0 Å². The first-order chi connectivity index (χ1) is 8.83. The average molecular weight is 266 g/mol. The number of unbranched alkanes of at least 4 members (excludes halogenated alkanes) is 3. The Hall–Kier alpha value is -0.990. The van der Waals surface area contributed by atoms with Gasteiger partial charge in [0.25, 0.3) is 0 Å². The van der Waals surface area contributed by atoms with Crippen molar-refractivity contribution in [1.82, 2.24) is 5.32 Å². The fourth-order valence-electron chi connectivity index (χ4n) is 2.12. The van der Waals surface area contributed by atoms with E-state index in [0.29, 0.717) is 5.22 Å². The summed E-state index contributed by atoms with van der Waals surface area (Å²) in [4.78, 5) is 0. The summed E-state index contributed by atoms with van der Waals surface area (Å²) in [6, 6.07) is 7.98. The number of hydrogen-bond donors (Lipinski definition) is 1. The molecule has 2 nitrogen and oxygen atoms in total. The monoisotopic (exact) mass is 265 g/mol. The van der Waals surface area contributed by atoms with Gasteiger partial charge in [-0.1, -0.05) is 44.4 Å². The first-order valence-electron chi connectivity index (χ1n) is 6.69. The molecule has 0 aliphatic carbocycles. The van der Waals surface area contributed by atoms with Crippen LogP contribution in [0.5, 0.6) is 0 Å². The second-order valence-electron chi connectivity index (χ2n) is 4.59. The molecule has 0 aliphatic heterocycles. The van der Waals surface area contributed by atoms with Gasteiger partial charge in [-0.2, -0.15) is 0 Å². The van der Waals surface area contributed by atoms with Gasteiger partial charge in [0, 0.05) is 17.5 Å². The number of halogens is 1. The molecule has 0 amide bonds. The van der Waals surface area contributed by atoms with Crippen molar-refractivity contribution in [1.29, 1.82) is 0 Å². The Morgan fingerprint density at radius 2 is 2.00 bits per heavy atom. The lowest BCUT2D eigenvalue weighted by molar-refractivity contribution is 0.584. The zero-order chi connectivity index (χ0) is 12.8. The molecule has 0 saturated heterocycles. The van der Waals surface area contributed by atoms with E-state index < -0.39 is 0 Å². The maximum absolute atomic E-state index is 6.12. The molecule has 0 fully saturated rings. The largest absolute Gasteiger partial charge is 0.444 e. The van der Waals surface area contributed by atoms with Gasteiger partial charge in [-0.15, -0.1) is 0 Å². The van der Waals surface area contributed by atoms with Crippen molar-refractivity contribution in [2.75, 3.05) is 6.54 Å². The number of hydrogen-bond acceptors (Lipinski definition) is 2. The third kappa shape index (κ3) is 3.27. The summed E-state index contributed by atoms with van der Waals surface area (Å²) in [5, 5.41) is 5.06. The van der Waals surface area contributed by atoms with Crippen LogP contribution in [-0.2, 0) is 6.54 Å². The summed E-state index contributed by atoms with van der Waals surface area (Å²) >= 11 is 6.12. The number of furan rings is 1. The van der Waals surface area contributed by atoms with E-state index in [0.717, 1.165) is 29.6 Å². The molecule has 0 atom stereocenters. The minimum absolute atomic E-state index is 0.511. The van der Waals surface area contributed by atoms with Gasteiger partial charge in [0.05, 0.1) is 0 Å². The molecule has 0 spiro atoms. The van der Waals surface area contributed by atoms with Crippen molar-refractivity contribution in [3.05, 3.63) is 35.0 Å². The molecular formula is C15H20ClNO. The van der Waals surface area contributed by atoms with E-state index in [4.69, 9.17) is 16.0 Å². The third-order valence-corrected chi connectivity index (χ3v) is 3.46. The zero-order valence-electron chi connectivity index (χ0n) is 10.8. The van der Waals surface area contributed by atoms with Gasteiger partial charge in [-0.05, 0) is 30.6 Å². The predicted molar refractivity (Wildman–Crippen MR) is 77.1 cm³/mol. The van der Waals surface area contributed by atoms with Crippen LogP contribution in [-0.4, -0.2) is 6.54 Å². The highest BCUT2D eigenvalue weighted by Crippen LogP contribution is 2.29. The van der Waals surface area contributed by atoms with Gasteiger partial charge in [-0.3, -0.25) is 0 Å². The molecule has 3 heteroatoms. The predicted octanol–water partition coefficient (Wildman–Crippen LogP) is 4.76. The van der Waals surface area contributed by atoms with E-state index in [2.05, 4.69) is 18.3 Å². The van der Waals surface area contributed by atoms with Gasteiger partial charge in [0.15, 0.2) is 5.22 Å². The molecule has 0 bridgehead atoms. The zero-order valence-corrected chi connectivity index (χ0v) is 11.6. The van der Waals surface area contributed by atoms with Crippen LogP contribution in [0.25, 0.3) is 11.0 Å². The maximum atomic E-state index is 6.12. The van der Waals surface area contributed by atoms with Gasteiger partial charge in [0.2, 0.25) is 0 Å². The smallest absolute Gasteiger partial charge is 0.199 e. The number of para-hydroxylation sites is 1. The fraction of sp³-hybridized carbons (Fsp3) is 0.467. The van der Waals surface area contributed by atoms with Crippen LogP contribution < -0.4 is 5.32 Å². The van der Waals surface area contributed by atoms with Crippen LogP contribution in [0.1, 0.15) is 38.2 Å². The summed E-state index contributed by atoms with van der Waals surface area (Å²) in [5.74, 6) is 0. The molecule has 0 unspecified atom stereocenters. The van der Waals surface area contributed by atoms with E-state index in [1.165, 1.54) is 25.7 Å². The van der Waals surface area contributed by atoms with Gasteiger partial charge in [-0.25, -0.2) is 0 Å². The maximum Gasteiger partial charge on any atom is 0.199 e. The summed E-state index contributed by atoms with van der Waals surface area (Å²) in [5.41, 5.74) is 1.94. The minimum atomic E-state index is 0.511. The molecule has 2 rings (SSSR count). The molecule has 0 aliphatic rings. The van der Waals surface area contributed by atoms with Crippen molar-refractivity contribution in [3.8, 4) is 0 Å². The average Bonchev–Trinajstić information content (AvgIpc) is 2.70. The van der Waals surface area contributed by atoms with Crippen LogP contribution in [0.2, 0.25) is 5.22 Å². The normalized spacial score (nSPS) is 11.2. The molecule has 1 N–H and O–H groups in total. The van der Waals surface area contributed by atoms with E-state index in [-0.39, 0.29) is 0 Å². The highest BCUT2D eigenvalue weighted by Gasteiger charge is 2.10. The highest BCUT2D eigenvalue weighted by atomic mass is 35.5. The molecule has 98 valence electrons. The number of fused-ring (bicyclic) bond motifs is 1. The van der Waals surface area contributed by atoms with Crippen molar-refractivity contribution < 1.29 is 4.42 Å². The van der Waals surface area contributed by atoms with E-state index in [1.54, 1.807) is 0 Å². The number of rotatable bonds is 7. The van der Waals surface area contributed by atoms with Crippen LogP contribution in [0.15, 0.2) is 28.7 Å². The van der Waals surface area contributed by atoms with Crippen molar-refractivity contribution in [2.24, 2.45) is 0 Å². The molecule has 18 heavy (non-hydrogen) atoms. The number of benzene rings is 1. The molecule has 2 aromatic rings. The summed E-state index contributed by atoms with van der Waals surface area (Å²) in [6.45, 7) is 4.04. The first kappa shape index (κ1) is 13.4. The van der Waals surface area contributed by atoms with E-state index in [9.17, 15) is 0 Å². The van der Waals surface area contributed by atoms with Crippen LogP contribution in [0, 0.1) is 0 Å². The molecule has 1 heterocycles. The molecule has 1 aromatic carbocycles. The van der Waals surface area contributed by atoms with Crippen molar-refractivity contribution in [2.45, 2.75) is 39.2 Å². The Kier molecular flexibility index (Phi) is 5.09. The SMILES string of the molecule is CCCCCCNCc1c(Cl)oc2ccccc12. The Labute approximate surface area is 113 Å². The molecule has 1 aromatic heterocycles.